The Kier molecular flexibility index (Phi) is 6.67. The SMILES string of the molecule is CC(C)NS(=O)(=O)c1cc(C(=O)Nc2c(F)cccc2Oc2ccccc2)ccc1F. The Hall–Kier alpha value is -3.30. The van der Waals surface area contributed by atoms with Gasteiger partial charge < -0.3 is 10.1 Å². The summed E-state index contributed by atoms with van der Waals surface area (Å²) >= 11 is 0. The fourth-order valence-electron chi connectivity index (χ4n) is 2.74. The maximum atomic E-state index is 14.4. The first kappa shape index (κ1) is 22.4. The second kappa shape index (κ2) is 9.23. The van der Waals surface area contributed by atoms with Crippen LogP contribution in [-0.2, 0) is 10.0 Å². The number of ether oxygens (including phenoxy) is 1. The molecular formula is C22H20F2N2O4S. The van der Waals surface area contributed by atoms with Crippen molar-refractivity contribution in [1.29, 1.82) is 0 Å². The summed E-state index contributed by atoms with van der Waals surface area (Å²) in [6.45, 7) is 3.16. The number of carbonyl (C=O) groups excluding carboxylic acids is 1. The van der Waals surface area contributed by atoms with Gasteiger partial charge in [0, 0.05) is 11.6 Å². The fraction of sp³-hybridized carbons (Fsp3) is 0.136. The predicted molar refractivity (Wildman–Crippen MR) is 113 cm³/mol. The molecule has 162 valence electrons. The second-order valence-electron chi connectivity index (χ2n) is 6.90. The van der Waals surface area contributed by atoms with Gasteiger partial charge >= 0.3 is 0 Å². The Bertz CT molecular complexity index is 1200. The van der Waals surface area contributed by atoms with Crippen molar-refractivity contribution in [1.82, 2.24) is 4.72 Å². The lowest BCUT2D eigenvalue weighted by atomic mass is 10.2. The molecule has 0 fully saturated rings. The lowest BCUT2D eigenvalue weighted by Gasteiger charge is -2.14. The molecule has 0 heterocycles. The molecule has 0 aromatic heterocycles. The van der Waals surface area contributed by atoms with E-state index in [1.54, 1.807) is 44.2 Å². The Morgan fingerprint density at radius 3 is 2.32 bits per heavy atom. The average Bonchev–Trinajstić information content (AvgIpc) is 2.70. The molecule has 6 nitrogen and oxygen atoms in total. The van der Waals surface area contributed by atoms with E-state index in [0.29, 0.717) is 5.75 Å². The first-order valence-electron chi connectivity index (χ1n) is 9.32. The molecule has 0 aliphatic heterocycles. The van der Waals surface area contributed by atoms with Crippen LogP contribution in [0.1, 0.15) is 24.2 Å². The second-order valence-corrected chi connectivity index (χ2v) is 8.59. The van der Waals surface area contributed by atoms with E-state index in [0.717, 1.165) is 24.3 Å². The van der Waals surface area contributed by atoms with Gasteiger partial charge in [0.25, 0.3) is 5.91 Å². The van der Waals surface area contributed by atoms with Crippen LogP contribution >= 0.6 is 0 Å². The number of benzene rings is 3. The van der Waals surface area contributed by atoms with E-state index in [4.69, 9.17) is 4.74 Å². The number of carbonyl (C=O) groups is 1. The van der Waals surface area contributed by atoms with Gasteiger partial charge in [-0.2, -0.15) is 0 Å². The summed E-state index contributed by atoms with van der Waals surface area (Å²) in [6.07, 6.45) is 0. The summed E-state index contributed by atoms with van der Waals surface area (Å²) in [5.41, 5.74) is -0.398. The Balaban J connectivity index is 1.91. The number of para-hydroxylation sites is 2. The van der Waals surface area contributed by atoms with E-state index in [1.807, 2.05) is 0 Å². The third-order valence-electron chi connectivity index (χ3n) is 4.06. The highest BCUT2D eigenvalue weighted by molar-refractivity contribution is 7.89. The zero-order chi connectivity index (χ0) is 22.6. The van der Waals surface area contributed by atoms with Crippen molar-refractivity contribution in [3.8, 4) is 11.5 Å². The van der Waals surface area contributed by atoms with Gasteiger partial charge in [-0.1, -0.05) is 24.3 Å². The smallest absolute Gasteiger partial charge is 0.255 e. The molecule has 0 unspecified atom stereocenters. The number of sulfonamides is 1. The van der Waals surface area contributed by atoms with Crippen molar-refractivity contribution in [2.75, 3.05) is 5.32 Å². The number of hydrogen-bond acceptors (Lipinski definition) is 4. The summed E-state index contributed by atoms with van der Waals surface area (Å²) < 4.78 is 61.2. The van der Waals surface area contributed by atoms with E-state index in [9.17, 15) is 22.0 Å². The largest absolute Gasteiger partial charge is 0.455 e. The van der Waals surface area contributed by atoms with Crippen molar-refractivity contribution in [2.45, 2.75) is 24.8 Å². The third kappa shape index (κ3) is 5.44. The van der Waals surface area contributed by atoms with Crippen LogP contribution in [0.2, 0.25) is 0 Å². The number of nitrogens with one attached hydrogen (secondary N) is 2. The van der Waals surface area contributed by atoms with Crippen molar-refractivity contribution >= 4 is 21.6 Å². The Morgan fingerprint density at radius 1 is 0.935 bits per heavy atom. The molecule has 0 spiro atoms. The van der Waals surface area contributed by atoms with Gasteiger partial charge in [-0.3, -0.25) is 4.79 Å². The third-order valence-corrected chi connectivity index (χ3v) is 5.73. The van der Waals surface area contributed by atoms with Gasteiger partial charge in [0.05, 0.1) is 0 Å². The zero-order valence-corrected chi connectivity index (χ0v) is 17.5. The van der Waals surface area contributed by atoms with Gasteiger partial charge in [-0.25, -0.2) is 21.9 Å². The Labute approximate surface area is 178 Å². The van der Waals surface area contributed by atoms with Gasteiger partial charge in [-0.05, 0) is 56.3 Å². The highest BCUT2D eigenvalue weighted by Crippen LogP contribution is 2.32. The minimum atomic E-state index is -4.18. The first-order chi connectivity index (χ1) is 14.7. The van der Waals surface area contributed by atoms with Gasteiger partial charge in [-0.15, -0.1) is 0 Å². The standard InChI is InChI=1S/C22H20F2N2O4S/c1-14(2)26-31(28,29)20-13-15(11-12-17(20)23)22(27)25-21-18(24)9-6-10-19(21)30-16-7-4-3-5-8-16/h3-14,26H,1-2H3,(H,25,27). The monoisotopic (exact) mass is 446 g/mol. The summed E-state index contributed by atoms with van der Waals surface area (Å²) in [5, 5.41) is 2.38. The van der Waals surface area contributed by atoms with E-state index < -0.39 is 38.5 Å². The predicted octanol–water partition coefficient (Wildman–Crippen LogP) is 4.70. The molecule has 31 heavy (non-hydrogen) atoms. The number of hydrogen-bond donors (Lipinski definition) is 2. The quantitative estimate of drug-likeness (QED) is 0.551. The molecule has 1 amide bonds. The molecule has 9 heteroatoms. The Morgan fingerprint density at radius 2 is 1.65 bits per heavy atom. The van der Waals surface area contributed by atoms with E-state index in [2.05, 4.69) is 10.0 Å². The molecule has 3 aromatic rings. The zero-order valence-electron chi connectivity index (χ0n) is 16.7. The van der Waals surface area contributed by atoms with Crippen LogP contribution in [0.25, 0.3) is 0 Å². The summed E-state index contributed by atoms with van der Waals surface area (Å²) in [7, 11) is -4.18. The number of amides is 1. The summed E-state index contributed by atoms with van der Waals surface area (Å²) in [5.74, 6) is -2.11. The normalized spacial score (nSPS) is 11.4. The van der Waals surface area contributed by atoms with Crippen molar-refractivity contribution < 1.29 is 26.7 Å². The fourth-order valence-corrected chi connectivity index (χ4v) is 4.09. The highest BCUT2D eigenvalue weighted by Gasteiger charge is 2.23. The van der Waals surface area contributed by atoms with Crippen LogP contribution in [0, 0.1) is 11.6 Å². The molecule has 0 aliphatic rings. The average molecular weight is 446 g/mol. The van der Waals surface area contributed by atoms with Gasteiger partial charge in [0.15, 0.2) is 11.6 Å². The first-order valence-corrected chi connectivity index (χ1v) is 10.8. The molecule has 0 atom stereocenters. The van der Waals surface area contributed by atoms with Gasteiger partial charge in [0.2, 0.25) is 10.0 Å². The molecule has 0 aliphatic carbocycles. The minimum Gasteiger partial charge on any atom is -0.455 e. The van der Waals surface area contributed by atoms with Crippen molar-refractivity contribution in [2.24, 2.45) is 0 Å². The van der Waals surface area contributed by atoms with Crippen LogP contribution in [0.5, 0.6) is 11.5 Å². The molecule has 0 bridgehead atoms. The van der Waals surface area contributed by atoms with Crippen LogP contribution in [0.3, 0.4) is 0 Å². The van der Waals surface area contributed by atoms with E-state index in [1.165, 1.54) is 12.1 Å². The molecule has 0 radical (unpaired) electrons. The van der Waals surface area contributed by atoms with Crippen molar-refractivity contribution in [3.05, 3.63) is 83.9 Å². The van der Waals surface area contributed by atoms with Gasteiger partial charge in [0.1, 0.15) is 22.1 Å². The summed E-state index contributed by atoms with van der Waals surface area (Å²) in [4.78, 5) is 12.0. The molecule has 2 N–H and O–H groups in total. The molecule has 3 aromatic carbocycles. The van der Waals surface area contributed by atoms with Crippen molar-refractivity contribution in [3.63, 3.8) is 0 Å². The molecule has 3 rings (SSSR count). The number of anilines is 1. The van der Waals surface area contributed by atoms with Crippen LogP contribution < -0.4 is 14.8 Å². The van der Waals surface area contributed by atoms with E-state index in [-0.39, 0.29) is 17.0 Å². The lowest BCUT2D eigenvalue weighted by molar-refractivity contribution is 0.102. The highest BCUT2D eigenvalue weighted by atomic mass is 32.2. The summed E-state index contributed by atoms with van der Waals surface area (Å²) in [6, 6.07) is 15.0. The van der Waals surface area contributed by atoms with Crippen LogP contribution in [0.4, 0.5) is 14.5 Å². The maximum Gasteiger partial charge on any atom is 0.255 e. The molecular weight excluding hydrogens is 426 g/mol. The maximum absolute atomic E-state index is 14.4. The number of rotatable bonds is 7. The van der Waals surface area contributed by atoms with Crippen LogP contribution in [-0.4, -0.2) is 20.4 Å². The minimum absolute atomic E-state index is 0.0518. The molecule has 0 saturated carbocycles. The topological polar surface area (TPSA) is 84.5 Å². The van der Waals surface area contributed by atoms with Crippen LogP contribution in [0.15, 0.2) is 71.6 Å². The number of halogens is 2. The lowest BCUT2D eigenvalue weighted by Crippen LogP contribution is -2.31. The molecule has 0 saturated heterocycles. The van der Waals surface area contributed by atoms with E-state index >= 15 is 0 Å².